The van der Waals surface area contributed by atoms with Crippen LogP contribution in [0.1, 0.15) is 18.4 Å². The van der Waals surface area contributed by atoms with Crippen LogP contribution < -0.4 is 0 Å². The number of ketones is 1. The normalized spacial score (nSPS) is 20.2. The molecule has 5 nitrogen and oxygen atoms in total. The summed E-state index contributed by atoms with van der Waals surface area (Å²) in [4.78, 5) is 27.2. The number of benzene rings is 1. The standard InChI is InChI=1S/C16H20N2O3/c19-15-7-4-8-17(11-15)14-9-18(10-14)16(20)21-12-13-5-2-1-3-6-13/h1-3,5-6,14H,4,7-12H2. The number of carbonyl (C=O) groups is 2. The number of carbonyl (C=O) groups excluding carboxylic acids is 2. The molecule has 0 atom stereocenters. The van der Waals surface area contributed by atoms with Crippen molar-refractivity contribution in [3.05, 3.63) is 35.9 Å². The number of ether oxygens (including phenoxy) is 1. The maximum Gasteiger partial charge on any atom is 0.410 e. The van der Waals surface area contributed by atoms with Gasteiger partial charge in [0.25, 0.3) is 0 Å². The molecule has 2 aliphatic rings. The van der Waals surface area contributed by atoms with Gasteiger partial charge in [-0.05, 0) is 18.5 Å². The molecule has 2 heterocycles. The monoisotopic (exact) mass is 288 g/mol. The van der Waals surface area contributed by atoms with Crippen LogP contribution >= 0.6 is 0 Å². The molecule has 2 saturated heterocycles. The Morgan fingerprint density at radius 3 is 2.71 bits per heavy atom. The largest absolute Gasteiger partial charge is 0.445 e. The van der Waals surface area contributed by atoms with Gasteiger partial charge in [0.2, 0.25) is 0 Å². The van der Waals surface area contributed by atoms with E-state index in [1.165, 1.54) is 0 Å². The summed E-state index contributed by atoms with van der Waals surface area (Å²) in [5.74, 6) is 0.311. The summed E-state index contributed by atoms with van der Waals surface area (Å²) in [5.41, 5.74) is 0.990. The van der Waals surface area contributed by atoms with E-state index in [1.807, 2.05) is 30.3 Å². The minimum absolute atomic E-state index is 0.265. The Morgan fingerprint density at radius 2 is 2.00 bits per heavy atom. The second-order valence-electron chi connectivity index (χ2n) is 5.71. The molecule has 1 amide bonds. The lowest BCUT2D eigenvalue weighted by molar-refractivity contribution is -0.124. The first kappa shape index (κ1) is 14.1. The summed E-state index contributed by atoms with van der Waals surface area (Å²) in [6.45, 7) is 3.14. The van der Waals surface area contributed by atoms with Crippen LogP contribution in [0.15, 0.2) is 30.3 Å². The highest BCUT2D eigenvalue weighted by Crippen LogP contribution is 2.19. The van der Waals surface area contributed by atoms with E-state index in [2.05, 4.69) is 4.90 Å². The molecule has 2 aliphatic heterocycles. The Hall–Kier alpha value is -1.88. The summed E-state index contributed by atoms with van der Waals surface area (Å²) >= 11 is 0. The maximum absolute atomic E-state index is 11.9. The van der Waals surface area contributed by atoms with Crippen LogP contribution in [0.5, 0.6) is 0 Å². The van der Waals surface area contributed by atoms with Crippen LogP contribution in [0.25, 0.3) is 0 Å². The van der Waals surface area contributed by atoms with Gasteiger partial charge in [-0.2, -0.15) is 0 Å². The van der Waals surface area contributed by atoms with Gasteiger partial charge in [0, 0.05) is 25.6 Å². The molecule has 0 bridgehead atoms. The lowest BCUT2D eigenvalue weighted by atomic mass is 10.0. The number of Topliss-reactive ketones (excluding diaryl/α,β-unsaturated/α-hetero) is 1. The molecule has 5 heteroatoms. The van der Waals surface area contributed by atoms with Crippen molar-refractivity contribution in [1.82, 2.24) is 9.80 Å². The lowest BCUT2D eigenvalue weighted by Gasteiger charge is -2.45. The minimum atomic E-state index is -0.265. The van der Waals surface area contributed by atoms with Crippen LogP contribution in [0.4, 0.5) is 4.79 Å². The molecule has 1 aromatic carbocycles. The van der Waals surface area contributed by atoms with Crippen molar-refractivity contribution >= 4 is 11.9 Å². The molecule has 0 radical (unpaired) electrons. The van der Waals surface area contributed by atoms with Gasteiger partial charge in [0.15, 0.2) is 0 Å². The number of piperidine rings is 1. The highest BCUT2D eigenvalue weighted by Gasteiger charge is 2.37. The molecule has 112 valence electrons. The average Bonchev–Trinajstić information content (AvgIpc) is 2.45. The fraction of sp³-hybridized carbons (Fsp3) is 0.500. The summed E-state index contributed by atoms with van der Waals surface area (Å²) in [5, 5.41) is 0. The van der Waals surface area contributed by atoms with Crippen molar-refractivity contribution in [2.45, 2.75) is 25.5 Å². The van der Waals surface area contributed by atoms with Crippen molar-refractivity contribution in [3.63, 3.8) is 0 Å². The smallest absolute Gasteiger partial charge is 0.410 e. The topological polar surface area (TPSA) is 49.9 Å². The molecular weight excluding hydrogens is 268 g/mol. The molecular formula is C16H20N2O3. The summed E-state index contributed by atoms with van der Waals surface area (Å²) in [6, 6.07) is 9.98. The van der Waals surface area contributed by atoms with Crippen molar-refractivity contribution in [2.24, 2.45) is 0 Å². The van der Waals surface area contributed by atoms with Crippen molar-refractivity contribution in [3.8, 4) is 0 Å². The molecule has 2 fully saturated rings. The zero-order chi connectivity index (χ0) is 14.7. The summed E-state index contributed by atoms with van der Waals surface area (Å²) < 4.78 is 5.29. The van der Waals surface area contributed by atoms with Crippen LogP contribution in [0.3, 0.4) is 0 Å². The van der Waals surface area contributed by atoms with Crippen LogP contribution in [0.2, 0.25) is 0 Å². The number of hydrogen-bond acceptors (Lipinski definition) is 4. The fourth-order valence-corrected chi connectivity index (χ4v) is 2.82. The van der Waals surface area contributed by atoms with E-state index in [0.717, 1.165) is 18.5 Å². The van der Waals surface area contributed by atoms with Gasteiger partial charge < -0.3 is 9.64 Å². The third kappa shape index (κ3) is 3.42. The predicted octanol–water partition coefficient (Wildman–Crippen LogP) is 1.67. The SMILES string of the molecule is O=C1CCCN(C2CN(C(=O)OCc3ccccc3)C2)C1. The van der Waals surface area contributed by atoms with E-state index in [4.69, 9.17) is 4.74 Å². The van der Waals surface area contributed by atoms with Crippen LogP contribution in [0, 0.1) is 0 Å². The highest BCUT2D eigenvalue weighted by molar-refractivity contribution is 5.81. The molecule has 0 spiro atoms. The first-order valence-electron chi connectivity index (χ1n) is 7.44. The number of nitrogens with zero attached hydrogens (tertiary/aromatic N) is 2. The average molecular weight is 288 g/mol. The highest BCUT2D eigenvalue weighted by atomic mass is 16.6. The van der Waals surface area contributed by atoms with Gasteiger partial charge in [-0.15, -0.1) is 0 Å². The van der Waals surface area contributed by atoms with E-state index < -0.39 is 0 Å². The van der Waals surface area contributed by atoms with Gasteiger partial charge in [0.1, 0.15) is 12.4 Å². The van der Waals surface area contributed by atoms with Crippen molar-refractivity contribution in [1.29, 1.82) is 0 Å². The number of hydrogen-bond donors (Lipinski definition) is 0. The number of amides is 1. The van der Waals surface area contributed by atoms with Gasteiger partial charge >= 0.3 is 6.09 Å². The number of rotatable bonds is 3. The first-order valence-corrected chi connectivity index (χ1v) is 7.44. The Balaban J connectivity index is 1.41. The zero-order valence-electron chi connectivity index (χ0n) is 12.0. The number of likely N-dealkylation sites (tertiary alicyclic amines) is 2. The Labute approximate surface area is 124 Å². The van der Waals surface area contributed by atoms with Gasteiger partial charge in [-0.3, -0.25) is 9.69 Å². The zero-order valence-corrected chi connectivity index (χ0v) is 12.0. The van der Waals surface area contributed by atoms with Crippen molar-refractivity contribution < 1.29 is 14.3 Å². The molecule has 1 aromatic rings. The quantitative estimate of drug-likeness (QED) is 0.849. The first-order chi connectivity index (χ1) is 10.2. The molecule has 0 aliphatic carbocycles. The molecule has 0 unspecified atom stereocenters. The van der Waals surface area contributed by atoms with E-state index in [0.29, 0.717) is 44.5 Å². The van der Waals surface area contributed by atoms with Crippen molar-refractivity contribution in [2.75, 3.05) is 26.2 Å². The lowest BCUT2D eigenvalue weighted by Crippen LogP contribution is -2.62. The second-order valence-corrected chi connectivity index (χ2v) is 5.71. The van der Waals surface area contributed by atoms with Crippen LogP contribution in [-0.4, -0.2) is 53.9 Å². The van der Waals surface area contributed by atoms with E-state index in [9.17, 15) is 9.59 Å². The molecule has 0 saturated carbocycles. The molecule has 0 N–H and O–H groups in total. The predicted molar refractivity (Wildman–Crippen MR) is 77.8 cm³/mol. The minimum Gasteiger partial charge on any atom is -0.445 e. The van der Waals surface area contributed by atoms with Gasteiger partial charge in [-0.1, -0.05) is 30.3 Å². The Kier molecular flexibility index (Phi) is 4.20. The van der Waals surface area contributed by atoms with Gasteiger partial charge in [-0.25, -0.2) is 4.79 Å². The second kappa shape index (κ2) is 6.26. The maximum atomic E-state index is 11.9. The third-order valence-electron chi connectivity index (χ3n) is 4.12. The molecule has 3 rings (SSSR count). The van der Waals surface area contributed by atoms with Crippen LogP contribution in [-0.2, 0) is 16.1 Å². The Morgan fingerprint density at radius 1 is 1.24 bits per heavy atom. The summed E-state index contributed by atoms with van der Waals surface area (Å²) in [6.07, 6.45) is 1.37. The fourth-order valence-electron chi connectivity index (χ4n) is 2.82. The van der Waals surface area contributed by atoms with E-state index in [1.54, 1.807) is 4.90 Å². The Bertz CT molecular complexity index is 512. The van der Waals surface area contributed by atoms with E-state index >= 15 is 0 Å². The van der Waals surface area contributed by atoms with Gasteiger partial charge in [0.05, 0.1) is 6.54 Å². The third-order valence-corrected chi connectivity index (χ3v) is 4.12. The summed E-state index contributed by atoms with van der Waals surface area (Å²) in [7, 11) is 0. The van der Waals surface area contributed by atoms with E-state index in [-0.39, 0.29) is 6.09 Å². The molecule has 21 heavy (non-hydrogen) atoms. The molecule has 0 aromatic heterocycles.